The maximum Gasteiger partial charge on any atom is 0.253 e. The minimum Gasteiger partial charge on any atom is -0.394 e. The number of hydrogen-bond acceptors (Lipinski definition) is 5. The van der Waals surface area contributed by atoms with Crippen LogP contribution in [0.3, 0.4) is 0 Å². The van der Waals surface area contributed by atoms with Crippen LogP contribution in [-0.4, -0.2) is 75.6 Å². The van der Waals surface area contributed by atoms with Crippen LogP contribution in [0.15, 0.2) is 79.9 Å². The van der Waals surface area contributed by atoms with Crippen LogP contribution in [0.5, 0.6) is 0 Å². The smallest absolute Gasteiger partial charge is 0.253 e. The van der Waals surface area contributed by atoms with Crippen LogP contribution in [0, 0.1) is 23.7 Å². The molecule has 3 amide bonds. The van der Waals surface area contributed by atoms with E-state index in [-0.39, 0.29) is 42.7 Å². The summed E-state index contributed by atoms with van der Waals surface area (Å²) < 4.78 is 7.00. The molecule has 3 aliphatic rings. The number of aliphatic hydroxyl groups excluding tert-OH is 1. The zero-order valence-electron chi connectivity index (χ0n) is 27.3. The standard InChI is InChI=1S/C37H46ClN3O5/c1-7-18-39(22-26-12-10-9-11-13-26)33(43)30-31-34(44)41(29(23-42)20-24(3)4)32(37(31)21-25(5)36(30,6)46-37)35(45)40(19-8-2)28-16-14-27(38)15-17-28/h7-17,24-25,29-32,42H,1-2,18-23H2,3-6H3/t25?,29-,30+,31+,32?,36-,37?/m1/s1. The van der Waals surface area contributed by atoms with Crippen molar-refractivity contribution in [3.05, 3.63) is 90.5 Å². The normalized spacial score (nSPS) is 28.7. The van der Waals surface area contributed by atoms with Crippen LogP contribution in [0.1, 0.15) is 46.1 Å². The minimum atomic E-state index is -1.26. The number of benzene rings is 2. The summed E-state index contributed by atoms with van der Waals surface area (Å²) in [5.41, 5.74) is -0.673. The van der Waals surface area contributed by atoms with Crippen molar-refractivity contribution in [1.82, 2.24) is 9.80 Å². The van der Waals surface area contributed by atoms with E-state index in [1.807, 2.05) is 58.0 Å². The molecule has 9 heteroatoms. The lowest BCUT2D eigenvalue weighted by molar-refractivity contribution is -0.154. The van der Waals surface area contributed by atoms with Gasteiger partial charge in [-0.05, 0) is 61.4 Å². The van der Waals surface area contributed by atoms with E-state index in [4.69, 9.17) is 16.3 Å². The van der Waals surface area contributed by atoms with Crippen LogP contribution >= 0.6 is 11.6 Å². The third kappa shape index (κ3) is 5.69. The molecule has 5 rings (SSSR count). The van der Waals surface area contributed by atoms with Gasteiger partial charge in [-0.3, -0.25) is 14.4 Å². The number of amides is 3. The molecule has 2 aromatic rings. The van der Waals surface area contributed by atoms with Crippen molar-refractivity contribution in [2.45, 2.75) is 70.4 Å². The Balaban J connectivity index is 1.63. The molecule has 2 bridgehead atoms. The van der Waals surface area contributed by atoms with Crippen molar-refractivity contribution in [3.8, 4) is 0 Å². The number of ether oxygens (including phenoxy) is 1. The fraction of sp³-hybridized carbons (Fsp3) is 0.486. The van der Waals surface area contributed by atoms with Gasteiger partial charge in [-0.1, -0.05) is 74.9 Å². The average Bonchev–Trinajstić information content (AvgIpc) is 3.55. The molecule has 3 unspecified atom stereocenters. The van der Waals surface area contributed by atoms with Crippen LogP contribution in [-0.2, 0) is 25.7 Å². The number of hydrogen-bond donors (Lipinski definition) is 1. The number of aliphatic hydroxyl groups is 1. The summed E-state index contributed by atoms with van der Waals surface area (Å²) in [5, 5.41) is 11.2. The van der Waals surface area contributed by atoms with E-state index in [1.165, 1.54) is 0 Å². The van der Waals surface area contributed by atoms with Crippen molar-refractivity contribution >= 4 is 35.0 Å². The highest BCUT2D eigenvalue weighted by Crippen LogP contribution is 2.66. The van der Waals surface area contributed by atoms with Gasteiger partial charge in [0.2, 0.25) is 11.8 Å². The molecule has 0 radical (unpaired) electrons. The van der Waals surface area contributed by atoms with Crippen LogP contribution in [0.2, 0.25) is 5.02 Å². The molecule has 1 spiro atoms. The number of likely N-dealkylation sites (tertiary alicyclic amines) is 1. The lowest BCUT2D eigenvalue weighted by Gasteiger charge is -2.40. The van der Waals surface area contributed by atoms with E-state index in [9.17, 15) is 19.5 Å². The van der Waals surface area contributed by atoms with Gasteiger partial charge < -0.3 is 24.5 Å². The van der Waals surface area contributed by atoms with Gasteiger partial charge in [0.1, 0.15) is 11.6 Å². The second-order valence-corrected chi connectivity index (χ2v) is 14.1. The van der Waals surface area contributed by atoms with Gasteiger partial charge >= 0.3 is 0 Å². The quantitative estimate of drug-likeness (QED) is 0.291. The predicted molar refractivity (Wildman–Crippen MR) is 180 cm³/mol. The molecular weight excluding hydrogens is 602 g/mol. The summed E-state index contributed by atoms with van der Waals surface area (Å²) in [6, 6.07) is 15.0. The molecule has 0 aromatic heterocycles. The molecule has 7 atom stereocenters. The van der Waals surface area contributed by atoms with Gasteiger partial charge in [0.15, 0.2) is 0 Å². The minimum absolute atomic E-state index is 0.121. The van der Waals surface area contributed by atoms with Gasteiger partial charge in [0.25, 0.3) is 5.91 Å². The van der Waals surface area contributed by atoms with E-state index in [2.05, 4.69) is 13.2 Å². The number of fused-ring (bicyclic) bond motifs is 1. The van der Waals surface area contributed by atoms with Gasteiger partial charge in [-0.25, -0.2) is 0 Å². The molecule has 3 aliphatic heterocycles. The maximum atomic E-state index is 15.0. The molecule has 246 valence electrons. The first-order valence-electron chi connectivity index (χ1n) is 16.2. The highest BCUT2D eigenvalue weighted by molar-refractivity contribution is 6.30. The molecule has 3 fully saturated rings. The fourth-order valence-corrected chi connectivity index (χ4v) is 8.28. The topological polar surface area (TPSA) is 90.4 Å². The number of carbonyl (C=O) groups is 3. The first-order valence-corrected chi connectivity index (χ1v) is 16.6. The summed E-state index contributed by atoms with van der Waals surface area (Å²) in [4.78, 5) is 49.4. The Morgan fingerprint density at radius 2 is 1.74 bits per heavy atom. The molecule has 3 saturated heterocycles. The Bertz CT molecular complexity index is 1470. The number of carbonyl (C=O) groups excluding carboxylic acids is 3. The highest BCUT2D eigenvalue weighted by Gasteiger charge is 2.80. The Morgan fingerprint density at radius 1 is 1.09 bits per heavy atom. The zero-order valence-corrected chi connectivity index (χ0v) is 28.0. The Labute approximate surface area is 277 Å². The molecule has 8 nitrogen and oxygen atoms in total. The zero-order chi connectivity index (χ0) is 33.4. The van der Waals surface area contributed by atoms with E-state index in [1.54, 1.807) is 51.1 Å². The Hall–Kier alpha value is -3.46. The summed E-state index contributed by atoms with van der Waals surface area (Å²) in [5.74, 6) is -2.55. The molecule has 1 N–H and O–H groups in total. The summed E-state index contributed by atoms with van der Waals surface area (Å²) in [7, 11) is 0. The molecule has 0 aliphatic carbocycles. The lowest BCUT2D eigenvalue weighted by Crippen LogP contribution is -2.59. The second-order valence-electron chi connectivity index (χ2n) is 13.6. The van der Waals surface area contributed by atoms with Crippen molar-refractivity contribution in [2.75, 3.05) is 24.6 Å². The molecule has 0 saturated carbocycles. The van der Waals surface area contributed by atoms with E-state index < -0.39 is 35.1 Å². The predicted octanol–water partition coefficient (Wildman–Crippen LogP) is 5.49. The largest absolute Gasteiger partial charge is 0.394 e. The molecule has 2 aromatic carbocycles. The second kappa shape index (κ2) is 13.3. The van der Waals surface area contributed by atoms with Crippen LogP contribution in [0.4, 0.5) is 5.69 Å². The van der Waals surface area contributed by atoms with Crippen LogP contribution < -0.4 is 4.90 Å². The van der Waals surface area contributed by atoms with E-state index >= 15 is 0 Å². The molecule has 3 heterocycles. The Kier molecular flexibility index (Phi) is 9.83. The molecule has 46 heavy (non-hydrogen) atoms. The van der Waals surface area contributed by atoms with Gasteiger partial charge in [-0.15, -0.1) is 13.2 Å². The van der Waals surface area contributed by atoms with E-state index in [0.29, 0.717) is 36.6 Å². The number of nitrogens with zero attached hydrogens (tertiary/aromatic N) is 3. The third-order valence-corrected chi connectivity index (χ3v) is 10.4. The van der Waals surface area contributed by atoms with Crippen molar-refractivity contribution in [2.24, 2.45) is 23.7 Å². The Morgan fingerprint density at radius 3 is 2.33 bits per heavy atom. The SMILES string of the molecule is C=CCN(Cc1ccccc1)C(=O)[C@@H]1[C@H]2C(=O)N([C@@H](CO)CC(C)C)C(C(=O)N(CC=C)c3ccc(Cl)cc3)C23CC(C)[C@@]1(C)O3. The third-order valence-electron chi connectivity index (χ3n) is 10.2. The number of rotatable bonds is 13. The maximum absolute atomic E-state index is 15.0. The van der Waals surface area contributed by atoms with Gasteiger partial charge in [0, 0.05) is 30.3 Å². The van der Waals surface area contributed by atoms with Gasteiger partial charge in [0.05, 0.1) is 30.1 Å². The summed E-state index contributed by atoms with van der Waals surface area (Å²) in [6.45, 7) is 16.3. The van der Waals surface area contributed by atoms with Gasteiger partial charge in [-0.2, -0.15) is 0 Å². The van der Waals surface area contributed by atoms with Crippen molar-refractivity contribution in [1.29, 1.82) is 0 Å². The van der Waals surface area contributed by atoms with Crippen molar-refractivity contribution in [3.63, 3.8) is 0 Å². The van der Waals surface area contributed by atoms with Crippen LogP contribution in [0.25, 0.3) is 0 Å². The highest BCUT2D eigenvalue weighted by atomic mass is 35.5. The summed E-state index contributed by atoms with van der Waals surface area (Å²) >= 11 is 6.18. The number of halogens is 1. The molecular formula is C37H46ClN3O5. The summed E-state index contributed by atoms with van der Waals surface area (Å²) in [6.07, 6.45) is 4.24. The van der Waals surface area contributed by atoms with E-state index in [0.717, 1.165) is 5.56 Å². The first-order chi connectivity index (χ1) is 21.9. The first kappa shape index (κ1) is 33.9. The van der Waals surface area contributed by atoms with Crippen molar-refractivity contribution < 1.29 is 24.2 Å². The number of anilines is 1. The lowest BCUT2D eigenvalue weighted by atomic mass is 9.62. The monoisotopic (exact) mass is 647 g/mol. The fourth-order valence-electron chi connectivity index (χ4n) is 8.15. The average molecular weight is 648 g/mol.